The number of aryl methyl sites for hydroxylation is 1. The fourth-order valence-electron chi connectivity index (χ4n) is 4.27. The van der Waals surface area contributed by atoms with Gasteiger partial charge >= 0.3 is 0 Å². The van der Waals surface area contributed by atoms with Crippen molar-refractivity contribution in [2.75, 3.05) is 26.2 Å². The molecular weight excluding hydrogens is 344 g/mol. The monoisotopic (exact) mass is 374 g/mol. The average molecular weight is 374 g/mol. The number of nitrogens with zero attached hydrogens (tertiary/aromatic N) is 6. The van der Waals surface area contributed by atoms with Gasteiger partial charge in [0, 0.05) is 46.1 Å². The van der Waals surface area contributed by atoms with Crippen molar-refractivity contribution in [1.82, 2.24) is 29.5 Å². The third-order valence-corrected chi connectivity index (χ3v) is 5.84. The van der Waals surface area contributed by atoms with Gasteiger partial charge in [0.05, 0.1) is 18.3 Å². The van der Waals surface area contributed by atoms with Gasteiger partial charge in [0.15, 0.2) is 5.89 Å². The maximum absolute atomic E-state index is 9.68. The number of hydrogen-bond donors (Lipinski definition) is 1. The molecule has 2 aromatic heterocycles. The highest BCUT2D eigenvalue weighted by Gasteiger charge is 2.27. The van der Waals surface area contributed by atoms with Crippen LogP contribution in [0.2, 0.25) is 0 Å². The molecule has 0 bridgehead atoms. The Balaban J connectivity index is 1.38. The molecule has 0 spiro atoms. The van der Waals surface area contributed by atoms with Crippen LogP contribution in [0.4, 0.5) is 0 Å². The average Bonchev–Trinajstić information content (AvgIpc) is 3.23. The molecule has 8 heteroatoms. The van der Waals surface area contributed by atoms with E-state index in [4.69, 9.17) is 4.42 Å². The third-order valence-electron chi connectivity index (χ3n) is 5.84. The molecule has 27 heavy (non-hydrogen) atoms. The van der Waals surface area contributed by atoms with Crippen molar-refractivity contribution < 1.29 is 9.52 Å². The molecule has 0 amide bonds. The van der Waals surface area contributed by atoms with Crippen molar-refractivity contribution in [3.05, 3.63) is 29.5 Å². The van der Waals surface area contributed by atoms with E-state index in [1.165, 1.54) is 0 Å². The van der Waals surface area contributed by atoms with E-state index in [9.17, 15) is 5.11 Å². The lowest BCUT2D eigenvalue weighted by Gasteiger charge is -2.31. The standard InChI is InChI=1S/C19H30N6O2/c1-14-20-16(13-27-14)11-25-7-3-4-15(10-25)19-22-21-18(23(19)2)12-24-8-5-17(26)6-9-24/h13,15,17,26H,3-12H2,1-2H3/t15-/m0/s1. The van der Waals surface area contributed by atoms with E-state index < -0.39 is 0 Å². The molecule has 2 aliphatic heterocycles. The molecule has 2 aliphatic rings. The van der Waals surface area contributed by atoms with E-state index >= 15 is 0 Å². The lowest BCUT2D eigenvalue weighted by atomic mass is 9.97. The Bertz CT molecular complexity index is 749. The van der Waals surface area contributed by atoms with Gasteiger partial charge in [-0.15, -0.1) is 10.2 Å². The third kappa shape index (κ3) is 4.39. The van der Waals surface area contributed by atoms with Crippen LogP contribution in [0, 0.1) is 6.92 Å². The lowest BCUT2D eigenvalue weighted by molar-refractivity contribution is 0.0775. The summed E-state index contributed by atoms with van der Waals surface area (Å²) < 4.78 is 7.51. The highest BCUT2D eigenvalue weighted by atomic mass is 16.3. The van der Waals surface area contributed by atoms with E-state index in [1.807, 2.05) is 6.92 Å². The van der Waals surface area contributed by atoms with Gasteiger partial charge in [-0.2, -0.15) is 0 Å². The number of oxazole rings is 1. The number of rotatable bonds is 5. The van der Waals surface area contributed by atoms with E-state index in [0.717, 1.165) is 88.2 Å². The van der Waals surface area contributed by atoms with Crippen LogP contribution in [0.15, 0.2) is 10.7 Å². The molecule has 2 aromatic rings. The van der Waals surface area contributed by atoms with Crippen LogP contribution in [-0.4, -0.2) is 66.9 Å². The summed E-state index contributed by atoms with van der Waals surface area (Å²) in [4.78, 5) is 9.23. The summed E-state index contributed by atoms with van der Waals surface area (Å²) in [6, 6.07) is 0. The van der Waals surface area contributed by atoms with E-state index in [1.54, 1.807) is 6.26 Å². The van der Waals surface area contributed by atoms with Crippen molar-refractivity contribution in [3.63, 3.8) is 0 Å². The summed E-state index contributed by atoms with van der Waals surface area (Å²) >= 11 is 0. The molecule has 0 saturated carbocycles. The number of aliphatic hydroxyl groups is 1. The zero-order valence-corrected chi connectivity index (χ0v) is 16.3. The molecule has 2 fully saturated rings. The summed E-state index contributed by atoms with van der Waals surface area (Å²) in [5, 5.41) is 18.7. The van der Waals surface area contributed by atoms with Crippen LogP contribution >= 0.6 is 0 Å². The lowest BCUT2D eigenvalue weighted by Crippen LogP contribution is -2.36. The second kappa shape index (κ2) is 8.08. The molecule has 0 aliphatic carbocycles. The van der Waals surface area contributed by atoms with Crippen LogP contribution in [0.3, 0.4) is 0 Å². The van der Waals surface area contributed by atoms with Crippen molar-refractivity contribution in [3.8, 4) is 0 Å². The number of aliphatic hydroxyl groups excluding tert-OH is 1. The van der Waals surface area contributed by atoms with Gasteiger partial charge in [-0.05, 0) is 32.2 Å². The minimum absolute atomic E-state index is 0.141. The molecule has 0 aromatic carbocycles. The molecule has 1 atom stereocenters. The van der Waals surface area contributed by atoms with E-state index in [0.29, 0.717) is 5.92 Å². The SMILES string of the molecule is Cc1nc(CN2CCC[C@H](c3nnc(CN4CCC(O)CC4)n3C)C2)co1. The highest BCUT2D eigenvalue weighted by Crippen LogP contribution is 2.27. The Morgan fingerprint density at radius 2 is 1.93 bits per heavy atom. The van der Waals surface area contributed by atoms with Gasteiger partial charge in [0.1, 0.15) is 17.9 Å². The van der Waals surface area contributed by atoms with Gasteiger partial charge in [-0.25, -0.2) is 4.98 Å². The largest absolute Gasteiger partial charge is 0.449 e. The first kappa shape index (κ1) is 18.6. The van der Waals surface area contributed by atoms with Crippen LogP contribution in [0.1, 0.15) is 54.8 Å². The van der Waals surface area contributed by atoms with Crippen LogP contribution in [0.5, 0.6) is 0 Å². The molecule has 8 nitrogen and oxygen atoms in total. The molecule has 0 radical (unpaired) electrons. The summed E-state index contributed by atoms with van der Waals surface area (Å²) in [6.07, 6.45) is 5.63. The number of likely N-dealkylation sites (tertiary alicyclic amines) is 2. The first-order valence-corrected chi connectivity index (χ1v) is 10.0. The van der Waals surface area contributed by atoms with Crippen LogP contribution < -0.4 is 0 Å². The maximum atomic E-state index is 9.68. The van der Waals surface area contributed by atoms with Gasteiger partial charge in [-0.3, -0.25) is 9.80 Å². The number of hydrogen-bond acceptors (Lipinski definition) is 7. The zero-order chi connectivity index (χ0) is 18.8. The fourth-order valence-corrected chi connectivity index (χ4v) is 4.27. The molecule has 4 heterocycles. The summed E-state index contributed by atoms with van der Waals surface area (Å²) in [5.74, 6) is 3.23. The minimum Gasteiger partial charge on any atom is -0.449 e. The highest BCUT2D eigenvalue weighted by molar-refractivity contribution is 5.05. The Hall–Kier alpha value is -1.77. The van der Waals surface area contributed by atoms with Crippen LogP contribution in [-0.2, 0) is 20.1 Å². The van der Waals surface area contributed by atoms with Gasteiger partial charge in [0.25, 0.3) is 0 Å². The Kier molecular flexibility index (Phi) is 5.56. The molecule has 0 unspecified atom stereocenters. The zero-order valence-electron chi connectivity index (χ0n) is 16.3. The first-order chi connectivity index (χ1) is 13.1. The molecule has 2 saturated heterocycles. The second-order valence-corrected chi connectivity index (χ2v) is 7.97. The summed E-state index contributed by atoms with van der Waals surface area (Å²) in [6.45, 7) is 7.44. The predicted octanol–water partition coefficient (Wildman–Crippen LogP) is 1.45. The molecule has 1 N–H and O–H groups in total. The smallest absolute Gasteiger partial charge is 0.191 e. The molecule has 4 rings (SSSR count). The quantitative estimate of drug-likeness (QED) is 0.848. The van der Waals surface area contributed by atoms with Crippen LogP contribution in [0.25, 0.3) is 0 Å². The van der Waals surface area contributed by atoms with E-state index in [-0.39, 0.29) is 6.10 Å². The van der Waals surface area contributed by atoms with Crippen molar-refractivity contribution >= 4 is 0 Å². The van der Waals surface area contributed by atoms with Gasteiger partial charge in [-0.1, -0.05) is 0 Å². The van der Waals surface area contributed by atoms with Crippen molar-refractivity contribution in [2.24, 2.45) is 7.05 Å². The fraction of sp³-hybridized carbons (Fsp3) is 0.737. The Morgan fingerprint density at radius 3 is 2.67 bits per heavy atom. The van der Waals surface area contributed by atoms with E-state index in [2.05, 4.69) is 36.6 Å². The Morgan fingerprint density at radius 1 is 1.11 bits per heavy atom. The topological polar surface area (TPSA) is 83.5 Å². The van der Waals surface area contributed by atoms with Gasteiger partial charge in [0.2, 0.25) is 0 Å². The Labute approximate surface area is 160 Å². The summed E-state index contributed by atoms with van der Waals surface area (Å²) in [7, 11) is 2.09. The maximum Gasteiger partial charge on any atom is 0.191 e. The number of piperidine rings is 2. The molecule has 148 valence electrons. The van der Waals surface area contributed by atoms with Crippen molar-refractivity contribution in [2.45, 2.75) is 57.7 Å². The van der Waals surface area contributed by atoms with Gasteiger partial charge < -0.3 is 14.1 Å². The number of aromatic nitrogens is 4. The van der Waals surface area contributed by atoms with Crippen molar-refractivity contribution in [1.29, 1.82) is 0 Å². The second-order valence-electron chi connectivity index (χ2n) is 7.97. The minimum atomic E-state index is -0.141. The predicted molar refractivity (Wildman–Crippen MR) is 100 cm³/mol. The first-order valence-electron chi connectivity index (χ1n) is 10.0. The summed E-state index contributed by atoms with van der Waals surface area (Å²) in [5.41, 5.74) is 0.999. The molecular formula is C19H30N6O2. The normalized spacial score (nSPS) is 23.1.